The van der Waals surface area contributed by atoms with Crippen molar-refractivity contribution in [3.05, 3.63) is 59.9 Å². The van der Waals surface area contributed by atoms with Crippen LogP contribution < -0.4 is 0 Å². The van der Waals surface area contributed by atoms with Crippen molar-refractivity contribution in [2.75, 3.05) is 0 Å². The zero-order valence-electron chi connectivity index (χ0n) is 11.0. The molecular formula is C16H13FN2O. The average molecular weight is 268 g/mol. The molecule has 3 aromatic rings. The Balaban J connectivity index is 1.91. The Morgan fingerprint density at radius 1 is 0.850 bits per heavy atom. The van der Waals surface area contributed by atoms with E-state index in [0.29, 0.717) is 17.3 Å². The predicted octanol–water partition coefficient (Wildman–Crippen LogP) is 4.11. The lowest BCUT2D eigenvalue weighted by atomic mass is 10.1. The van der Waals surface area contributed by atoms with Crippen LogP contribution in [0.4, 0.5) is 4.39 Å². The lowest BCUT2D eigenvalue weighted by Gasteiger charge is -1.98. The normalized spacial score (nSPS) is 10.7. The summed E-state index contributed by atoms with van der Waals surface area (Å²) in [6.45, 7) is 2.11. The molecule has 100 valence electrons. The fourth-order valence-corrected chi connectivity index (χ4v) is 1.93. The standard InChI is InChI=1S/C16H13FN2O/c1-2-11-3-5-12(6-4-11)15-18-19-16(20-15)13-7-9-14(17)10-8-13/h3-10H,2H2,1H3. The summed E-state index contributed by atoms with van der Waals surface area (Å²) in [6, 6.07) is 14.0. The van der Waals surface area contributed by atoms with Crippen molar-refractivity contribution in [2.45, 2.75) is 13.3 Å². The highest BCUT2D eigenvalue weighted by Crippen LogP contribution is 2.24. The first-order valence-electron chi connectivity index (χ1n) is 6.45. The molecule has 0 spiro atoms. The van der Waals surface area contributed by atoms with Gasteiger partial charge in [0.25, 0.3) is 0 Å². The summed E-state index contributed by atoms with van der Waals surface area (Å²) in [6.07, 6.45) is 0.991. The number of rotatable bonds is 3. The third-order valence-corrected chi connectivity index (χ3v) is 3.13. The highest BCUT2D eigenvalue weighted by Gasteiger charge is 2.10. The van der Waals surface area contributed by atoms with E-state index in [2.05, 4.69) is 17.1 Å². The Labute approximate surface area is 116 Å². The van der Waals surface area contributed by atoms with Gasteiger partial charge in [0.05, 0.1) is 0 Å². The lowest BCUT2D eigenvalue weighted by molar-refractivity contribution is 0.584. The zero-order valence-corrected chi connectivity index (χ0v) is 11.0. The Hall–Kier alpha value is -2.49. The average Bonchev–Trinajstić information content (AvgIpc) is 2.98. The van der Waals surface area contributed by atoms with E-state index in [4.69, 9.17) is 4.42 Å². The molecule has 0 amide bonds. The van der Waals surface area contributed by atoms with E-state index in [-0.39, 0.29) is 5.82 Å². The number of aromatic nitrogens is 2. The molecule has 1 aromatic heterocycles. The highest BCUT2D eigenvalue weighted by molar-refractivity contribution is 5.58. The molecule has 4 heteroatoms. The van der Waals surface area contributed by atoms with E-state index < -0.39 is 0 Å². The fourth-order valence-electron chi connectivity index (χ4n) is 1.93. The van der Waals surface area contributed by atoms with E-state index in [9.17, 15) is 4.39 Å². The molecule has 1 heterocycles. The van der Waals surface area contributed by atoms with Gasteiger partial charge in [0.2, 0.25) is 11.8 Å². The maximum atomic E-state index is 12.9. The molecule has 0 aliphatic carbocycles. The first-order chi connectivity index (χ1) is 9.76. The third-order valence-electron chi connectivity index (χ3n) is 3.13. The van der Waals surface area contributed by atoms with Crippen LogP contribution in [0.25, 0.3) is 22.9 Å². The minimum absolute atomic E-state index is 0.288. The Morgan fingerprint density at radius 2 is 1.35 bits per heavy atom. The van der Waals surface area contributed by atoms with Gasteiger partial charge in [-0.25, -0.2) is 4.39 Å². The number of benzene rings is 2. The molecule has 0 unspecified atom stereocenters. The zero-order chi connectivity index (χ0) is 13.9. The van der Waals surface area contributed by atoms with Crippen LogP contribution in [-0.4, -0.2) is 10.2 Å². The van der Waals surface area contributed by atoms with Crippen LogP contribution in [0.1, 0.15) is 12.5 Å². The maximum absolute atomic E-state index is 12.9. The van der Waals surface area contributed by atoms with Crippen LogP contribution in [0, 0.1) is 5.82 Å². The fraction of sp³-hybridized carbons (Fsp3) is 0.125. The second kappa shape index (κ2) is 5.25. The molecule has 0 saturated carbocycles. The molecule has 3 nitrogen and oxygen atoms in total. The topological polar surface area (TPSA) is 38.9 Å². The first kappa shape index (κ1) is 12.5. The first-order valence-corrected chi connectivity index (χ1v) is 6.45. The van der Waals surface area contributed by atoms with Gasteiger partial charge in [-0.05, 0) is 48.4 Å². The molecule has 0 fully saturated rings. The van der Waals surface area contributed by atoms with Crippen LogP contribution in [0.2, 0.25) is 0 Å². The van der Waals surface area contributed by atoms with Crippen molar-refractivity contribution < 1.29 is 8.81 Å². The quantitative estimate of drug-likeness (QED) is 0.717. The van der Waals surface area contributed by atoms with Gasteiger partial charge < -0.3 is 4.42 Å². The second-order valence-corrected chi connectivity index (χ2v) is 4.47. The van der Waals surface area contributed by atoms with Crippen LogP contribution in [0.5, 0.6) is 0 Å². The monoisotopic (exact) mass is 268 g/mol. The number of nitrogens with zero attached hydrogens (tertiary/aromatic N) is 2. The van der Waals surface area contributed by atoms with Crippen molar-refractivity contribution in [3.63, 3.8) is 0 Å². The summed E-state index contributed by atoms with van der Waals surface area (Å²) >= 11 is 0. The van der Waals surface area contributed by atoms with Crippen LogP contribution in [0.3, 0.4) is 0 Å². The van der Waals surface area contributed by atoms with Gasteiger partial charge in [-0.2, -0.15) is 0 Å². The number of halogens is 1. The SMILES string of the molecule is CCc1ccc(-c2nnc(-c3ccc(F)cc3)o2)cc1. The van der Waals surface area contributed by atoms with Gasteiger partial charge in [0.15, 0.2) is 0 Å². The molecule has 0 aliphatic heterocycles. The largest absolute Gasteiger partial charge is 0.416 e. The Morgan fingerprint density at radius 3 is 1.85 bits per heavy atom. The summed E-state index contributed by atoms with van der Waals surface area (Å²) in [7, 11) is 0. The van der Waals surface area contributed by atoms with Gasteiger partial charge in [-0.3, -0.25) is 0 Å². The van der Waals surface area contributed by atoms with Crippen molar-refractivity contribution >= 4 is 0 Å². The molecule has 0 N–H and O–H groups in total. The minimum atomic E-state index is -0.288. The summed E-state index contributed by atoms with van der Waals surface area (Å²) < 4.78 is 18.5. The summed E-state index contributed by atoms with van der Waals surface area (Å²) in [5, 5.41) is 8.03. The number of aryl methyl sites for hydroxylation is 1. The van der Waals surface area contributed by atoms with Crippen molar-refractivity contribution in [1.82, 2.24) is 10.2 Å². The predicted molar refractivity (Wildman–Crippen MR) is 74.5 cm³/mol. The third kappa shape index (κ3) is 2.45. The summed E-state index contributed by atoms with van der Waals surface area (Å²) in [4.78, 5) is 0. The van der Waals surface area contributed by atoms with E-state index >= 15 is 0 Å². The molecule has 0 radical (unpaired) electrons. The number of hydrogen-bond donors (Lipinski definition) is 0. The molecule has 0 bridgehead atoms. The Kier molecular flexibility index (Phi) is 3.29. The van der Waals surface area contributed by atoms with Gasteiger partial charge in [-0.1, -0.05) is 19.1 Å². The van der Waals surface area contributed by atoms with E-state index in [1.807, 2.05) is 24.3 Å². The van der Waals surface area contributed by atoms with Gasteiger partial charge in [0.1, 0.15) is 5.82 Å². The van der Waals surface area contributed by atoms with Crippen molar-refractivity contribution in [3.8, 4) is 22.9 Å². The van der Waals surface area contributed by atoms with Gasteiger partial charge >= 0.3 is 0 Å². The molecule has 0 saturated heterocycles. The maximum Gasteiger partial charge on any atom is 0.248 e. The second-order valence-electron chi connectivity index (χ2n) is 4.47. The summed E-state index contributed by atoms with van der Waals surface area (Å²) in [5.41, 5.74) is 2.84. The lowest BCUT2D eigenvalue weighted by Crippen LogP contribution is -1.81. The molecule has 0 aliphatic rings. The van der Waals surface area contributed by atoms with Gasteiger partial charge in [0, 0.05) is 11.1 Å². The minimum Gasteiger partial charge on any atom is -0.416 e. The van der Waals surface area contributed by atoms with Crippen LogP contribution in [-0.2, 0) is 6.42 Å². The van der Waals surface area contributed by atoms with Crippen LogP contribution in [0.15, 0.2) is 52.9 Å². The summed E-state index contributed by atoms with van der Waals surface area (Å²) in [5.74, 6) is 0.565. The van der Waals surface area contributed by atoms with E-state index in [0.717, 1.165) is 12.0 Å². The molecule has 2 aromatic carbocycles. The smallest absolute Gasteiger partial charge is 0.248 e. The molecule has 3 rings (SSSR count). The molecule has 20 heavy (non-hydrogen) atoms. The van der Waals surface area contributed by atoms with Crippen LogP contribution >= 0.6 is 0 Å². The van der Waals surface area contributed by atoms with Gasteiger partial charge in [-0.15, -0.1) is 10.2 Å². The molecular weight excluding hydrogens is 255 g/mol. The van der Waals surface area contributed by atoms with E-state index in [1.165, 1.54) is 17.7 Å². The van der Waals surface area contributed by atoms with Crippen molar-refractivity contribution in [1.29, 1.82) is 0 Å². The molecule has 0 atom stereocenters. The number of hydrogen-bond acceptors (Lipinski definition) is 3. The Bertz CT molecular complexity index is 702. The van der Waals surface area contributed by atoms with E-state index in [1.54, 1.807) is 12.1 Å². The van der Waals surface area contributed by atoms with Crippen molar-refractivity contribution in [2.24, 2.45) is 0 Å². The highest BCUT2D eigenvalue weighted by atomic mass is 19.1.